The minimum atomic E-state index is 0.0828. The van der Waals surface area contributed by atoms with Crippen LogP contribution in [0.5, 0.6) is 5.75 Å². The van der Waals surface area contributed by atoms with Gasteiger partial charge in [0.05, 0.1) is 12.3 Å². The van der Waals surface area contributed by atoms with Crippen LogP contribution < -0.4 is 10.5 Å². The van der Waals surface area contributed by atoms with Crippen molar-refractivity contribution < 1.29 is 9.53 Å². The summed E-state index contributed by atoms with van der Waals surface area (Å²) in [6, 6.07) is 1.75. The number of Topliss-reactive ketones (excluding diaryl/α,β-unsaturated/α-hetero) is 1. The summed E-state index contributed by atoms with van der Waals surface area (Å²) in [5.74, 6) is 0.741. The van der Waals surface area contributed by atoms with E-state index in [1.165, 1.54) is 0 Å². The van der Waals surface area contributed by atoms with Gasteiger partial charge in [-0.3, -0.25) is 9.78 Å². The van der Waals surface area contributed by atoms with E-state index in [4.69, 9.17) is 10.5 Å². The Bertz CT molecular complexity index is 364. The van der Waals surface area contributed by atoms with Crippen molar-refractivity contribution in [1.29, 1.82) is 0 Å². The Balaban J connectivity index is 2.60. The van der Waals surface area contributed by atoms with Gasteiger partial charge in [-0.05, 0) is 39.3 Å². The van der Waals surface area contributed by atoms with E-state index in [9.17, 15) is 4.79 Å². The highest BCUT2D eigenvalue weighted by atomic mass is 16.5. The monoisotopic (exact) mass is 236 g/mol. The first-order chi connectivity index (χ1) is 8.13. The first-order valence-electron chi connectivity index (χ1n) is 5.98. The minimum Gasteiger partial charge on any atom is -0.489 e. The first-order valence-corrected chi connectivity index (χ1v) is 5.98. The van der Waals surface area contributed by atoms with Crippen LogP contribution in [0.15, 0.2) is 18.5 Å². The molecular weight excluding hydrogens is 216 g/mol. The Hall–Kier alpha value is -1.42. The third-order valence-corrected chi connectivity index (χ3v) is 2.26. The standard InChI is InChI=1S/C13H20N2O2/c1-10(2)17-12-7-11(8-15-9-12)13(16)5-3-4-6-14/h7-10H,3-6,14H2,1-2H3. The summed E-state index contributed by atoms with van der Waals surface area (Å²) in [4.78, 5) is 15.8. The SMILES string of the molecule is CC(C)Oc1cncc(C(=O)CCCCN)c1. The number of hydrogen-bond acceptors (Lipinski definition) is 4. The molecule has 1 rings (SSSR count). The number of unbranched alkanes of at least 4 members (excludes halogenated alkanes) is 1. The average Bonchev–Trinajstić information content (AvgIpc) is 2.28. The Labute approximate surface area is 102 Å². The van der Waals surface area contributed by atoms with Crippen molar-refractivity contribution in [3.63, 3.8) is 0 Å². The zero-order valence-electron chi connectivity index (χ0n) is 10.5. The predicted molar refractivity (Wildman–Crippen MR) is 67.2 cm³/mol. The van der Waals surface area contributed by atoms with E-state index >= 15 is 0 Å². The molecule has 0 unspecified atom stereocenters. The zero-order chi connectivity index (χ0) is 12.7. The fraction of sp³-hybridized carbons (Fsp3) is 0.538. The van der Waals surface area contributed by atoms with Crippen LogP contribution in [0.4, 0.5) is 0 Å². The van der Waals surface area contributed by atoms with Gasteiger partial charge < -0.3 is 10.5 Å². The Morgan fingerprint density at radius 2 is 2.18 bits per heavy atom. The van der Waals surface area contributed by atoms with Gasteiger partial charge in [0.1, 0.15) is 5.75 Å². The molecule has 0 aromatic carbocycles. The molecular formula is C13H20N2O2. The number of pyridine rings is 1. The largest absolute Gasteiger partial charge is 0.489 e. The predicted octanol–water partition coefficient (Wildman–Crippen LogP) is 2.18. The fourth-order valence-electron chi connectivity index (χ4n) is 1.48. The lowest BCUT2D eigenvalue weighted by Crippen LogP contribution is -2.07. The van der Waals surface area contributed by atoms with Gasteiger partial charge >= 0.3 is 0 Å². The molecule has 94 valence electrons. The van der Waals surface area contributed by atoms with E-state index in [0.717, 1.165) is 12.8 Å². The summed E-state index contributed by atoms with van der Waals surface area (Å²) in [5, 5.41) is 0. The van der Waals surface area contributed by atoms with Gasteiger partial charge in [0.2, 0.25) is 0 Å². The molecule has 1 aromatic rings. The van der Waals surface area contributed by atoms with Crippen LogP contribution >= 0.6 is 0 Å². The second kappa shape index (κ2) is 7.01. The molecule has 0 saturated carbocycles. The van der Waals surface area contributed by atoms with Crippen molar-refractivity contribution >= 4 is 5.78 Å². The molecule has 0 fully saturated rings. The summed E-state index contributed by atoms with van der Waals surface area (Å²) < 4.78 is 5.50. The van der Waals surface area contributed by atoms with Crippen molar-refractivity contribution in [2.75, 3.05) is 6.54 Å². The maximum absolute atomic E-state index is 11.8. The summed E-state index contributed by atoms with van der Waals surface area (Å²) in [5.41, 5.74) is 6.00. The van der Waals surface area contributed by atoms with Crippen LogP contribution in [-0.4, -0.2) is 23.4 Å². The molecule has 2 N–H and O–H groups in total. The van der Waals surface area contributed by atoms with Gasteiger partial charge in [-0.25, -0.2) is 0 Å². The highest BCUT2D eigenvalue weighted by Gasteiger charge is 2.08. The molecule has 0 aliphatic carbocycles. The third-order valence-electron chi connectivity index (χ3n) is 2.26. The fourth-order valence-corrected chi connectivity index (χ4v) is 1.48. The molecule has 1 heterocycles. The van der Waals surface area contributed by atoms with Crippen LogP contribution in [0.1, 0.15) is 43.5 Å². The molecule has 4 nitrogen and oxygen atoms in total. The number of nitrogens with zero attached hydrogens (tertiary/aromatic N) is 1. The van der Waals surface area contributed by atoms with Crippen molar-refractivity contribution in [3.8, 4) is 5.75 Å². The van der Waals surface area contributed by atoms with Gasteiger partial charge in [0.15, 0.2) is 5.78 Å². The van der Waals surface area contributed by atoms with Crippen LogP contribution in [0, 0.1) is 0 Å². The number of carbonyl (C=O) groups excluding carboxylic acids is 1. The smallest absolute Gasteiger partial charge is 0.164 e. The number of rotatable bonds is 7. The second-order valence-corrected chi connectivity index (χ2v) is 4.24. The quantitative estimate of drug-likeness (QED) is 0.582. The van der Waals surface area contributed by atoms with Crippen molar-refractivity contribution in [1.82, 2.24) is 4.98 Å². The van der Waals surface area contributed by atoms with E-state index < -0.39 is 0 Å². The van der Waals surface area contributed by atoms with E-state index in [0.29, 0.717) is 24.3 Å². The Kier molecular flexibility index (Phi) is 5.63. The molecule has 0 radical (unpaired) electrons. The third kappa shape index (κ3) is 4.95. The molecule has 1 aromatic heterocycles. The highest BCUT2D eigenvalue weighted by molar-refractivity contribution is 5.96. The van der Waals surface area contributed by atoms with Crippen molar-refractivity contribution in [2.24, 2.45) is 5.73 Å². The van der Waals surface area contributed by atoms with E-state index in [1.54, 1.807) is 18.5 Å². The van der Waals surface area contributed by atoms with Gasteiger partial charge in [-0.2, -0.15) is 0 Å². The topological polar surface area (TPSA) is 65.2 Å². The van der Waals surface area contributed by atoms with Crippen LogP contribution in [0.2, 0.25) is 0 Å². The van der Waals surface area contributed by atoms with E-state index in [-0.39, 0.29) is 11.9 Å². The molecule has 0 spiro atoms. The van der Waals surface area contributed by atoms with Crippen molar-refractivity contribution in [2.45, 2.75) is 39.2 Å². The number of aromatic nitrogens is 1. The Morgan fingerprint density at radius 1 is 1.41 bits per heavy atom. The molecule has 0 aliphatic rings. The normalized spacial score (nSPS) is 10.6. The van der Waals surface area contributed by atoms with Gasteiger partial charge in [-0.15, -0.1) is 0 Å². The molecule has 0 bridgehead atoms. The first kappa shape index (κ1) is 13.6. The average molecular weight is 236 g/mol. The lowest BCUT2D eigenvalue weighted by Gasteiger charge is -2.09. The second-order valence-electron chi connectivity index (χ2n) is 4.24. The molecule has 0 amide bonds. The lowest BCUT2D eigenvalue weighted by atomic mass is 10.1. The maximum Gasteiger partial charge on any atom is 0.164 e. The summed E-state index contributed by atoms with van der Waals surface area (Å²) in [7, 11) is 0. The zero-order valence-corrected chi connectivity index (χ0v) is 10.5. The van der Waals surface area contributed by atoms with Gasteiger partial charge in [0, 0.05) is 18.2 Å². The number of ketones is 1. The highest BCUT2D eigenvalue weighted by Crippen LogP contribution is 2.15. The van der Waals surface area contributed by atoms with Crippen LogP contribution in [0.25, 0.3) is 0 Å². The summed E-state index contributed by atoms with van der Waals surface area (Å²) in [6.07, 6.45) is 5.50. The van der Waals surface area contributed by atoms with Gasteiger partial charge in [0.25, 0.3) is 0 Å². The van der Waals surface area contributed by atoms with E-state index in [2.05, 4.69) is 4.98 Å². The number of carbonyl (C=O) groups is 1. The number of ether oxygens (including phenoxy) is 1. The van der Waals surface area contributed by atoms with Crippen molar-refractivity contribution in [3.05, 3.63) is 24.0 Å². The molecule has 0 atom stereocenters. The Morgan fingerprint density at radius 3 is 2.82 bits per heavy atom. The van der Waals surface area contributed by atoms with Crippen LogP contribution in [-0.2, 0) is 0 Å². The molecule has 0 aliphatic heterocycles. The molecule has 4 heteroatoms. The summed E-state index contributed by atoms with van der Waals surface area (Å²) in [6.45, 7) is 4.51. The number of nitrogens with two attached hydrogens (primary N) is 1. The van der Waals surface area contributed by atoms with Crippen LogP contribution in [0.3, 0.4) is 0 Å². The molecule has 17 heavy (non-hydrogen) atoms. The van der Waals surface area contributed by atoms with Gasteiger partial charge in [-0.1, -0.05) is 0 Å². The lowest BCUT2D eigenvalue weighted by molar-refractivity contribution is 0.0978. The minimum absolute atomic E-state index is 0.0828. The maximum atomic E-state index is 11.8. The number of hydrogen-bond donors (Lipinski definition) is 1. The molecule has 0 saturated heterocycles. The summed E-state index contributed by atoms with van der Waals surface area (Å²) >= 11 is 0. The van der Waals surface area contributed by atoms with E-state index in [1.807, 2.05) is 13.8 Å².